The first-order valence-corrected chi connectivity index (χ1v) is 6.75. The second-order valence-electron chi connectivity index (χ2n) is 3.51. The van der Waals surface area contributed by atoms with Gasteiger partial charge in [-0.2, -0.15) is 0 Å². The Labute approximate surface area is 102 Å². The van der Waals surface area contributed by atoms with Crippen LogP contribution in [0.15, 0.2) is 12.1 Å². The monoisotopic (exact) mass is 259 g/mol. The van der Waals surface area contributed by atoms with E-state index in [4.69, 9.17) is 9.84 Å². The van der Waals surface area contributed by atoms with Crippen molar-refractivity contribution in [2.24, 2.45) is 0 Å². The molecule has 2 atom stereocenters. The van der Waals surface area contributed by atoms with Crippen LogP contribution in [0.3, 0.4) is 0 Å². The molecule has 0 saturated carbocycles. The number of methoxy groups -OCH3 is 1. The maximum absolute atomic E-state index is 10.8. The van der Waals surface area contributed by atoms with Gasteiger partial charge in [0.25, 0.3) is 0 Å². The van der Waals surface area contributed by atoms with Crippen LogP contribution in [0.1, 0.15) is 15.1 Å². The molecule has 0 amide bonds. The topological polar surface area (TPSA) is 58.6 Å². The second kappa shape index (κ2) is 5.18. The average molecular weight is 259 g/mol. The van der Waals surface area contributed by atoms with Gasteiger partial charge in [0.1, 0.15) is 6.04 Å². The Morgan fingerprint density at radius 2 is 2.50 bits per heavy atom. The van der Waals surface area contributed by atoms with Crippen LogP contribution in [0.4, 0.5) is 0 Å². The van der Waals surface area contributed by atoms with Crippen molar-refractivity contribution in [1.29, 1.82) is 0 Å². The number of aliphatic carboxylic acids is 1. The highest BCUT2D eigenvalue weighted by molar-refractivity contribution is 7.99. The number of carboxylic acids is 1. The van der Waals surface area contributed by atoms with E-state index in [0.717, 1.165) is 0 Å². The number of hydrogen-bond acceptors (Lipinski definition) is 5. The van der Waals surface area contributed by atoms with Crippen molar-refractivity contribution in [1.82, 2.24) is 5.32 Å². The molecule has 16 heavy (non-hydrogen) atoms. The molecule has 1 aliphatic heterocycles. The summed E-state index contributed by atoms with van der Waals surface area (Å²) in [5, 5.41) is 12.1. The molecule has 88 valence electrons. The van der Waals surface area contributed by atoms with E-state index in [1.165, 1.54) is 9.75 Å². The molecular formula is C10H13NO3S2. The van der Waals surface area contributed by atoms with E-state index in [1.54, 1.807) is 30.2 Å². The lowest BCUT2D eigenvalue weighted by Crippen LogP contribution is -2.33. The van der Waals surface area contributed by atoms with Crippen LogP contribution in [0.2, 0.25) is 0 Å². The largest absolute Gasteiger partial charge is 0.480 e. The van der Waals surface area contributed by atoms with Gasteiger partial charge in [-0.1, -0.05) is 0 Å². The molecule has 1 aromatic rings. The molecule has 2 rings (SSSR count). The summed E-state index contributed by atoms with van der Waals surface area (Å²) in [5.74, 6) is -0.152. The summed E-state index contributed by atoms with van der Waals surface area (Å²) in [7, 11) is 1.67. The van der Waals surface area contributed by atoms with Gasteiger partial charge in [-0.25, -0.2) is 0 Å². The Balaban J connectivity index is 2.00. The smallest absolute Gasteiger partial charge is 0.321 e. The third-order valence-electron chi connectivity index (χ3n) is 2.31. The SMILES string of the molecule is COCc1ccc(C2NC(C(=O)O)CS2)s1. The van der Waals surface area contributed by atoms with E-state index in [9.17, 15) is 4.79 Å². The molecule has 0 radical (unpaired) electrons. The summed E-state index contributed by atoms with van der Waals surface area (Å²) in [5.41, 5.74) is 0. The lowest BCUT2D eigenvalue weighted by atomic mass is 10.3. The predicted octanol–water partition coefficient (Wildman–Crippen LogP) is 1.68. The molecule has 1 aromatic heterocycles. The van der Waals surface area contributed by atoms with Crippen molar-refractivity contribution in [2.75, 3.05) is 12.9 Å². The van der Waals surface area contributed by atoms with Gasteiger partial charge in [-0.15, -0.1) is 23.1 Å². The lowest BCUT2D eigenvalue weighted by molar-refractivity contribution is -0.138. The average Bonchev–Trinajstić information content (AvgIpc) is 2.84. The molecule has 1 saturated heterocycles. The minimum absolute atomic E-state index is 0.108. The van der Waals surface area contributed by atoms with E-state index in [2.05, 4.69) is 5.32 Å². The van der Waals surface area contributed by atoms with Crippen LogP contribution >= 0.6 is 23.1 Å². The van der Waals surface area contributed by atoms with Crippen LogP contribution in [-0.2, 0) is 16.1 Å². The van der Waals surface area contributed by atoms with E-state index in [0.29, 0.717) is 12.4 Å². The van der Waals surface area contributed by atoms with Crippen LogP contribution in [-0.4, -0.2) is 30.0 Å². The predicted molar refractivity (Wildman–Crippen MR) is 64.8 cm³/mol. The normalized spacial score (nSPS) is 24.8. The van der Waals surface area contributed by atoms with E-state index < -0.39 is 12.0 Å². The third kappa shape index (κ3) is 2.57. The highest BCUT2D eigenvalue weighted by atomic mass is 32.2. The van der Waals surface area contributed by atoms with Gasteiger partial charge < -0.3 is 9.84 Å². The Morgan fingerprint density at radius 3 is 3.12 bits per heavy atom. The van der Waals surface area contributed by atoms with Crippen molar-refractivity contribution < 1.29 is 14.6 Å². The quantitative estimate of drug-likeness (QED) is 0.861. The zero-order chi connectivity index (χ0) is 11.5. The zero-order valence-corrected chi connectivity index (χ0v) is 10.4. The van der Waals surface area contributed by atoms with Gasteiger partial charge in [0, 0.05) is 22.6 Å². The third-order valence-corrected chi connectivity index (χ3v) is 4.83. The summed E-state index contributed by atoms with van der Waals surface area (Å²) in [6.45, 7) is 0.615. The molecule has 0 aromatic carbocycles. The summed E-state index contributed by atoms with van der Waals surface area (Å²) < 4.78 is 5.05. The first kappa shape index (κ1) is 11.9. The molecule has 2 N–H and O–H groups in total. The second-order valence-corrected chi connectivity index (χ2v) is 5.85. The van der Waals surface area contributed by atoms with E-state index >= 15 is 0 Å². The minimum atomic E-state index is -0.774. The van der Waals surface area contributed by atoms with Crippen LogP contribution < -0.4 is 5.32 Å². The van der Waals surface area contributed by atoms with Crippen molar-refractivity contribution >= 4 is 29.1 Å². The van der Waals surface area contributed by atoms with Crippen LogP contribution in [0, 0.1) is 0 Å². The van der Waals surface area contributed by atoms with Crippen molar-refractivity contribution in [3.63, 3.8) is 0 Å². The molecule has 0 bridgehead atoms. The Hall–Kier alpha value is -0.560. The Kier molecular flexibility index (Phi) is 3.86. The van der Waals surface area contributed by atoms with E-state index in [1.807, 2.05) is 12.1 Å². The minimum Gasteiger partial charge on any atom is -0.480 e. The first-order chi connectivity index (χ1) is 7.70. The number of thioether (sulfide) groups is 1. The lowest BCUT2D eigenvalue weighted by Gasteiger charge is -2.08. The number of hydrogen-bond donors (Lipinski definition) is 2. The fraction of sp³-hybridized carbons (Fsp3) is 0.500. The Bertz CT molecular complexity index is 380. The maximum Gasteiger partial charge on any atom is 0.321 e. The van der Waals surface area contributed by atoms with E-state index in [-0.39, 0.29) is 5.37 Å². The zero-order valence-electron chi connectivity index (χ0n) is 8.80. The van der Waals surface area contributed by atoms with Gasteiger partial charge in [-0.05, 0) is 12.1 Å². The van der Waals surface area contributed by atoms with Crippen molar-refractivity contribution in [2.45, 2.75) is 18.0 Å². The van der Waals surface area contributed by atoms with Crippen LogP contribution in [0.25, 0.3) is 0 Å². The highest BCUT2D eigenvalue weighted by Gasteiger charge is 2.30. The summed E-state index contributed by atoms with van der Waals surface area (Å²) >= 11 is 3.31. The van der Waals surface area contributed by atoms with Gasteiger partial charge >= 0.3 is 5.97 Å². The molecule has 1 aliphatic rings. The van der Waals surface area contributed by atoms with Gasteiger partial charge in [0.05, 0.1) is 12.0 Å². The molecule has 0 spiro atoms. The van der Waals surface area contributed by atoms with Crippen LogP contribution in [0.5, 0.6) is 0 Å². The number of thiophene rings is 1. The number of rotatable bonds is 4. The number of carboxylic acid groups (broad SMARTS) is 1. The van der Waals surface area contributed by atoms with Gasteiger partial charge in [0.15, 0.2) is 0 Å². The molecule has 0 aliphatic carbocycles. The molecule has 1 fully saturated rings. The Morgan fingerprint density at radius 1 is 1.69 bits per heavy atom. The van der Waals surface area contributed by atoms with Crippen molar-refractivity contribution in [3.05, 3.63) is 21.9 Å². The summed E-state index contributed by atoms with van der Waals surface area (Å²) in [6.07, 6.45) is 0. The highest BCUT2D eigenvalue weighted by Crippen LogP contribution is 2.36. The maximum atomic E-state index is 10.8. The number of carbonyl (C=O) groups is 1. The summed E-state index contributed by atoms with van der Waals surface area (Å²) in [6, 6.07) is 3.64. The van der Waals surface area contributed by atoms with Gasteiger partial charge in [0.2, 0.25) is 0 Å². The fourth-order valence-electron chi connectivity index (χ4n) is 1.53. The first-order valence-electron chi connectivity index (χ1n) is 4.88. The standard InChI is InChI=1S/C10H13NO3S2/c1-14-4-6-2-3-8(16-6)9-11-7(5-15-9)10(12)13/h2-3,7,9,11H,4-5H2,1H3,(H,12,13). The molecule has 2 unspecified atom stereocenters. The molecule has 6 heteroatoms. The molecular weight excluding hydrogens is 246 g/mol. The summed E-state index contributed by atoms with van der Waals surface area (Å²) in [4.78, 5) is 13.1. The fourth-order valence-corrected chi connectivity index (χ4v) is 3.94. The van der Waals surface area contributed by atoms with Crippen molar-refractivity contribution in [3.8, 4) is 0 Å². The molecule has 2 heterocycles. The number of ether oxygens (including phenoxy) is 1. The molecule has 4 nitrogen and oxygen atoms in total. The number of nitrogens with one attached hydrogen (secondary N) is 1. The van der Waals surface area contributed by atoms with Gasteiger partial charge in [-0.3, -0.25) is 10.1 Å².